The van der Waals surface area contributed by atoms with Crippen LogP contribution >= 0.6 is 11.6 Å². The summed E-state index contributed by atoms with van der Waals surface area (Å²) in [6, 6.07) is 6.23. The van der Waals surface area contributed by atoms with E-state index < -0.39 is 0 Å². The molecule has 0 radical (unpaired) electrons. The summed E-state index contributed by atoms with van der Waals surface area (Å²) >= 11 is 6.21. The van der Waals surface area contributed by atoms with Crippen LogP contribution in [0.2, 0.25) is 5.02 Å². The van der Waals surface area contributed by atoms with Crippen molar-refractivity contribution in [1.82, 2.24) is 39.9 Å². The Kier molecular flexibility index (Phi) is 5.94. The summed E-state index contributed by atoms with van der Waals surface area (Å²) < 4.78 is 1.99. The third kappa shape index (κ3) is 4.76. The normalized spacial score (nSPS) is 15.2. The maximum atomic E-state index is 6.21. The van der Waals surface area contributed by atoms with Gasteiger partial charge in [-0.05, 0) is 61.2 Å². The number of tetrazole rings is 1. The van der Waals surface area contributed by atoms with Crippen molar-refractivity contribution in [3.8, 4) is 0 Å². The molecule has 0 atom stereocenters. The molecule has 3 heterocycles. The molecule has 0 amide bonds. The smallest absolute Gasteiger partial charge is 0.171 e. The van der Waals surface area contributed by atoms with Crippen LogP contribution in [0.1, 0.15) is 41.7 Å². The van der Waals surface area contributed by atoms with Crippen molar-refractivity contribution in [3.63, 3.8) is 0 Å². The van der Waals surface area contributed by atoms with Crippen molar-refractivity contribution in [2.75, 3.05) is 13.1 Å². The summed E-state index contributed by atoms with van der Waals surface area (Å²) in [5, 5.41) is 17.4. The van der Waals surface area contributed by atoms with Crippen molar-refractivity contribution in [2.45, 2.75) is 39.3 Å². The van der Waals surface area contributed by atoms with Gasteiger partial charge in [-0.3, -0.25) is 0 Å². The first-order valence-corrected chi connectivity index (χ1v) is 10.4. The van der Waals surface area contributed by atoms with Crippen LogP contribution in [0.25, 0.3) is 6.08 Å². The van der Waals surface area contributed by atoms with E-state index in [4.69, 9.17) is 11.6 Å². The van der Waals surface area contributed by atoms with Crippen molar-refractivity contribution in [2.24, 2.45) is 0 Å². The minimum atomic E-state index is 0.403. The number of allylic oxidation sites excluding steroid dienone is 1. The molecule has 1 fully saturated rings. The highest BCUT2D eigenvalue weighted by Crippen LogP contribution is 2.25. The largest absolute Gasteiger partial charge is 0.372 e. The molecular formula is C21H25ClN8. The van der Waals surface area contributed by atoms with E-state index in [1.165, 1.54) is 0 Å². The number of likely N-dealkylation sites (tertiary alicyclic amines) is 1. The Balaban J connectivity index is 1.40. The Morgan fingerprint density at radius 3 is 2.67 bits per heavy atom. The van der Waals surface area contributed by atoms with E-state index in [0.717, 1.165) is 48.6 Å². The number of aromatic nitrogens is 7. The average molecular weight is 425 g/mol. The van der Waals surface area contributed by atoms with Gasteiger partial charge in [0.05, 0.1) is 12.6 Å². The van der Waals surface area contributed by atoms with Crippen LogP contribution in [-0.4, -0.2) is 53.0 Å². The molecule has 8 nitrogen and oxygen atoms in total. The molecular weight excluding hydrogens is 400 g/mol. The lowest BCUT2D eigenvalue weighted by molar-refractivity contribution is 0.223. The first-order valence-electron chi connectivity index (χ1n) is 10.0. The molecule has 0 spiro atoms. The van der Waals surface area contributed by atoms with E-state index in [1.807, 2.05) is 43.1 Å². The van der Waals surface area contributed by atoms with Crippen molar-refractivity contribution in [1.29, 1.82) is 0 Å². The Morgan fingerprint density at radius 2 is 2.00 bits per heavy atom. The molecule has 3 aromatic rings. The number of hydrogen-bond donors (Lipinski definition) is 0. The maximum absolute atomic E-state index is 6.21. The van der Waals surface area contributed by atoms with Crippen LogP contribution < -0.4 is 0 Å². The summed E-state index contributed by atoms with van der Waals surface area (Å²) in [4.78, 5) is 8.13. The van der Waals surface area contributed by atoms with E-state index >= 15 is 0 Å². The topological polar surface area (TPSA) is 77.5 Å². The number of aryl methyl sites for hydroxylation is 2. The zero-order valence-corrected chi connectivity index (χ0v) is 18.0. The van der Waals surface area contributed by atoms with Gasteiger partial charge in [-0.25, -0.2) is 9.67 Å². The van der Waals surface area contributed by atoms with Crippen LogP contribution in [0, 0.1) is 13.8 Å². The van der Waals surface area contributed by atoms with Gasteiger partial charge in [0, 0.05) is 23.8 Å². The molecule has 9 heteroatoms. The van der Waals surface area contributed by atoms with E-state index in [1.54, 1.807) is 4.80 Å². The van der Waals surface area contributed by atoms with Gasteiger partial charge in [0.25, 0.3) is 0 Å². The number of piperidine rings is 1. The van der Waals surface area contributed by atoms with Crippen molar-refractivity contribution in [3.05, 3.63) is 70.7 Å². The Hall–Kier alpha value is -3.00. The van der Waals surface area contributed by atoms with Crippen LogP contribution in [-0.2, 0) is 6.54 Å². The highest BCUT2D eigenvalue weighted by atomic mass is 35.5. The molecule has 156 valence electrons. The molecule has 1 aromatic carbocycles. The van der Waals surface area contributed by atoms with Crippen LogP contribution in [0.5, 0.6) is 0 Å². The second kappa shape index (κ2) is 8.79. The summed E-state index contributed by atoms with van der Waals surface area (Å²) in [6.45, 7) is 10.4. The molecule has 2 aromatic heterocycles. The van der Waals surface area contributed by atoms with Crippen molar-refractivity contribution >= 4 is 17.7 Å². The molecule has 1 saturated heterocycles. The van der Waals surface area contributed by atoms with E-state index in [-0.39, 0.29) is 0 Å². The molecule has 1 aliphatic rings. The number of halogens is 1. The number of rotatable bonds is 6. The predicted octanol–water partition coefficient (Wildman–Crippen LogP) is 3.45. The molecule has 4 rings (SSSR count). The van der Waals surface area contributed by atoms with Crippen molar-refractivity contribution < 1.29 is 0 Å². The first kappa shape index (κ1) is 20.3. The molecule has 0 N–H and O–H groups in total. The summed E-state index contributed by atoms with van der Waals surface area (Å²) in [7, 11) is 0. The minimum Gasteiger partial charge on any atom is -0.372 e. The molecule has 0 aliphatic carbocycles. The summed E-state index contributed by atoms with van der Waals surface area (Å²) in [5.41, 5.74) is 3.09. The van der Waals surface area contributed by atoms with E-state index in [0.29, 0.717) is 23.4 Å². The van der Waals surface area contributed by atoms with Gasteiger partial charge in [0.15, 0.2) is 5.82 Å². The first-order chi connectivity index (χ1) is 14.5. The highest BCUT2D eigenvalue weighted by molar-refractivity contribution is 6.30. The van der Waals surface area contributed by atoms with Gasteiger partial charge in [-0.15, -0.1) is 10.2 Å². The third-order valence-electron chi connectivity index (χ3n) is 5.29. The Bertz CT molecular complexity index is 1060. The van der Waals surface area contributed by atoms with Gasteiger partial charge in [-0.1, -0.05) is 30.3 Å². The quantitative estimate of drug-likeness (QED) is 0.564. The summed E-state index contributed by atoms with van der Waals surface area (Å²) in [5.74, 6) is 1.46. The van der Waals surface area contributed by atoms with Crippen LogP contribution in [0.4, 0.5) is 0 Å². The van der Waals surface area contributed by atoms with Crippen LogP contribution in [0.15, 0.2) is 42.9 Å². The monoisotopic (exact) mass is 424 g/mol. The second-order valence-corrected chi connectivity index (χ2v) is 7.96. The standard InChI is InChI=1S/C21H25ClN8/c1-15(28-10-8-21(9-11-28)29-14-23-16(2)25-29)4-5-18-6-7-20(22)12-19(18)13-30-26-17(3)24-27-30/h4-7,12,14,21H,1,8-11,13H2,2-3H3/b5-4+. The molecule has 0 unspecified atom stereocenters. The number of hydrogen-bond acceptors (Lipinski definition) is 6. The second-order valence-electron chi connectivity index (χ2n) is 7.52. The van der Waals surface area contributed by atoms with Gasteiger partial charge in [0.2, 0.25) is 0 Å². The molecule has 0 bridgehead atoms. The third-order valence-corrected chi connectivity index (χ3v) is 5.53. The fourth-order valence-corrected chi connectivity index (χ4v) is 3.86. The molecule has 1 aliphatic heterocycles. The average Bonchev–Trinajstić information content (AvgIpc) is 3.35. The lowest BCUT2D eigenvalue weighted by atomic mass is 10.0. The molecule has 30 heavy (non-hydrogen) atoms. The number of nitrogens with zero attached hydrogens (tertiary/aromatic N) is 8. The predicted molar refractivity (Wildman–Crippen MR) is 116 cm³/mol. The van der Waals surface area contributed by atoms with E-state index in [9.17, 15) is 0 Å². The van der Waals surface area contributed by atoms with Gasteiger partial charge < -0.3 is 4.90 Å². The zero-order chi connectivity index (χ0) is 21.1. The van der Waals surface area contributed by atoms with E-state index in [2.05, 4.69) is 49.1 Å². The minimum absolute atomic E-state index is 0.403. The number of benzene rings is 1. The van der Waals surface area contributed by atoms with Gasteiger partial charge in [0.1, 0.15) is 12.2 Å². The van der Waals surface area contributed by atoms with Gasteiger partial charge >= 0.3 is 0 Å². The van der Waals surface area contributed by atoms with Gasteiger partial charge in [-0.2, -0.15) is 9.90 Å². The summed E-state index contributed by atoms with van der Waals surface area (Å²) in [6.07, 6.45) is 8.02. The Labute approximate surface area is 180 Å². The fraction of sp³-hybridized carbons (Fsp3) is 0.381. The highest BCUT2D eigenvalue weighted by Gasteiger charge is 2.21. The lowest BCUT2D eigenvalue weighted by Gasteiger charge is -2.33. The zero-order valence-electron chi connectivity index (χ0n) is 17.2. The lowest BCUT2D eigenvalue weighted by Crippen LogP contribution is -2.33. The Morgan fingerprint density at radius 1 is 1.20 bits per heavy atom. The fourth-order valence-electron chi connectivity index (χ4n) is 3.66. The SMILES string of the molecule is C=C(/C=C/c1ccc(Cl)cc1Cn1nnc(C)n1)N1CCC(n2cnc(C)n2)CC1. The maximum Gasteiger partial charge on any atom is 0.171 e. The van der Waals surface area contributed by atoms with Crippen LogP contribution in [0.3, 0.4) is 0 Å². The molecule has 0 saturated carbocycles.